The van der Waals surface area contributed by atoms with Crippen molar-refractivity contribution in [1.29, 1.82) is 0 Å². The van der Waals surface area contributed by atoms with Gasteiger partial charge in [0, 0.05) is 6.04 Å². The van der Waals surface area contributed by atoms with Gasteiger partial charge in [0.25, 0.3) is 0 Å². The summed E-state index contributed by atoms with van der Waals surface area (Å²) in [5.41, 5.74) is 1.37. The Kier molecular flexibility index (Phi) is 4.59. The number of carbonyl (C=O) groups is 1. The Morgan fingerprint density at radius 3 is 2.47 bits per heavy atom. The number of benzene rings is 1. The molecule has 0 aliphatic heterocycles. The molecule has 0 saturated heterocycles. The van der Waals surface area contributed by atoms with E-state index in [1.165, 1.54) is 5.56 Å². The van der Waals surface area contributed by atoms with Crippen LogP contribution in [0.25, 0.3) is 0 Å². The fourth-order valence-electron chi connectivity index (χ4n) is 2.75. The molecular weight excluding hydrogens is 238 g/mol. The van der Waals surface area contributed by atoms with Gasteiger partial charge in [0.15, 0.2) is 0 Å². The number of aliphatic carboxylic acids is 1. The minimum Gasteiger partial charge on any atom is -0.480 e. The molecule has 2 rings (SSSR count). The largest absolute Gasteiger partial charge is 0.480 e. The van der Waals surface area contributed by atoms with Crippen LogP contribution in [0.4, 0.5) is 0 Å². The second-order valence-electron chi connectivity index (χ2n) is 5.96. The zero-order valence-electron chi connectivity index (χ0n) is 11.7. The first-order chi connectivity index (χ1) is 9.06. The molecule has 3 heteroatoms. The number of hydrogen-bond acceptors (Lipinski definition) is 2. The molecule has 2 N–H and O–H groups in total. The van der Waals surface area contributed by atoms with Crippen molar-refractivity contribution in [3.8, 4) is 0 Å². The quantitative estimate of drug-likeness (QED) is 0.827. The van der Waals surface area contributed by atoms with E-state index < -0.39 is 12.0 Å². The molecular formula is C16H23NO2. The summed E-state index contributed by atoms with van der Waals surface area (Å²) in [6.45, 7) is 4.12. The fraction of sp³-hybridized carbons (Fsp3) is 0.562. The van der Waals surface area contributed by atoms with E-state index >= 15 is 0 Å². The molecule has 0 bridgehead atoms. The molecule has 1 fully saturated rings. The van der Waals surface area contributed by atoms with E-state index in [9.17, 15) is 9.90 Å². The molecule has 1 saturated carbocycles. The second-order valence-corrected chi connectivity index (χ2v) is 5.96. The lowest BCUT2D eigenvalue weighted by molar-refractivity contribution is -0.140. The third kappa shape index (κ3) is 3.80. The van der Waals surface area contributed by atoms with E-state index in [0.717, 1.165) is 12.8 Å². The predicted molar refractivity (Wildman–Crippen MR) is 76.2 cm³/mol. The maximum atomic E-state index is 11.2. The van der Waals surface area contributed by atoms with Crippen molar-refractivity contribution < 1.29 is 9.90 Å². The third-order valence-corrected chi connectivity index (χ3v) is 3.85. The van der Waals surface area contributed by atoms with Crippen molar-refractivity contribution in [2.45, 2.75) is 51.1 Å². The van der Waals surface area contributed by atoms with Crippen molar-refractivity contribution in [2.24, 2.45) is 5.92 Å². The lowest BCUT2D eigenvalue weighted by Crippen LogP contribution is -2.49. The van der Waals surface area contributed by atoms with E-state index in [2.05, 4.69) is 43.4 Å². The van der Waals surface area contributed by atoms with Crippen molar-refractivity contribution >= 4 is 5.97 Å². The second kappa shape index (κ2) is 6.20. The number of hydrogen-bond donors (Lipinski definition) is 2. The summed E-state index contributed by atoms with van der Waals surface area (Å²) in [6.07, 6.45) is 2.79. The molecule has 1 unspecified atom stereocenters. The first-order valence-electron chi connectivity index (χ1n) is 7.10. The van der Waals surface area contributed by atoms with Crippen LogP contribution in [0.15, 0.2) is 30.3 Å². The van der Waals surface area contributed by atoms with E-state index in [-0.39, 0.29) is 0 Å². The van der Waals surface area contributed by atoms with Gasteiger partial charge in [-0.25, -0.2) is 0 Å². The van der Waals surface area contributed by atoms with Gasteiger partial charge in [-0.1, -0.05) is 44.2 Å². The number of carboxylic acids is 1. The minimum absolute atomic E-state index is 0.352. The molecule has 104 valence electrons. The number of nitrogens with one attached hydrogen (secondary N) is 1. The zero-order chi connectivity index (χ0) is 13.8. The van der Waals surface area contributed by atoms with Crippen molar-refractivity contribution in [3.63, 3.8) is 0 Å². The summed E-state index contributed by atoms with van der Waals surface area (Å²) in [4.78, 5) is 11.2. The molecule has 0 spiro atoms. The molecule has 0 aromatic heterocycles. The van der Waals surface area contributed by atoms with Crippen molar-refractivity contribution in [1.82, 2.24) is 5.32 Å². The van der Waals surface area contributed by atoms with Gasteiger partial charge >= 0.3 is 5.97 Å². The molecule has 1 aromatic carbocycles. The Hall–Kier alpha value is -1.35. The lowest BCUT2D eigenvalue weighted by Gasteiger charge is -2.38. The highest BCUT2D eigenvalue weighted by atomic mass is 16.4. The Morgan fingerprint density at radius 2 is 1.95 bits per heavy atom. The molecule has 0 amide bonds. The smallest absolute Gasteiger partial charge is 0.320 e. The molecule has 1 aliphatic rings. The first-order valence-corrected chi connectivity index (χ1v) is 7.10. The van der Waals surface area contributed by atoms with Gasteiger partial charge in [-0.15, -0.1) is 0 Å². The summed E-state index contributed by atoms with van der Waals surface area (Å²) < 4.78 is 0. The topological polar surface area (TPSA) is 49.3 Å². The van der Waals surface area contributed by atoms with Gasteiger partial charge in [0.1, 0.15) is 6.04 Å². The summed E-state index contributed by atoms with van der Waals surface area (Å²) in [6, 6.07) is 10.4. The normalized spacial score (nSPS) is 23.9. The van der Waals surface area contributed by atoms with E-state index in [0.29, 0.717) is 24.3 Å². The zero-order valence-corrected chi connectivity index (χ0v) is 11.7. The molecule has 19 heavy (non-hydrogen) atoms. The fourth-order valence-corrected chi connectivity index (χ4v) is 2.75. The van der Waals surface area contributed by atoms with E-state index in [1.807, 2.05) is 6.07 Å². The average molecular weight is 261 g/mol. The van der Waals surface area contributed by atoms with Gasteiger partial charge in [0.2, 0.25) is 0 Å². The van der Waals surface area contributed by atoms with Crippen LogP contribution in [0.3, 0.4) is 0 Å². The van der Waals surface area contributed by atoms with Gasteiger partial charge in [-0.05, 0) is 36.7 Å². The van der Waals surface area contributed by atoms with Crippen LogP contribution in [-0.4, -0.2) is 23.2 Å². The highest BCUT2D eigenvalue weighted by Crippen LogP contribution is 2.37. The van der Waals surface area contributed by atoms with E-state index in [1.54, 1.807) is 0 Å². The maximum absolute atomic E-state index is 11.2. The van der Waals surface area contributed by atoms with Gasteiger partial charge in [0.05, 0.1) is 0 Å². The lowest BCUT2D eigenvalue weighted by atomic mass is 9.75. The van der Waals surface area contributed by atoms with Crippen LogP contribution in [-0.2, 0) is 4.79 Å². The van der Waals surface area contributed by atoms with Crippen molar-refractivity contribution in [2.75, 3.05) is 0 Å². The van der Waals surface area contributed by atoms with Gasteiger partial charge < -0.3 is 10.4 Å². The molecule has 1 atom stereocenters. The molecule has 1 aliphatic carbocycles. The van der Waals surface area contributed by atoms with Crippen LogP contribution in [0, 0.1) is 5.92 Å². The molecule has 0 heterocycles. The van der Waals surface area contributed by atoms with Crippen LogP contribution >= 0.6 is 0 Å². The Balaban J connectivity index is 1.82. The van der Waals surface area contributed by atoms with Crippen LogP contribution in [0.1, 0.15) is 44.6 Å². The van der Waals surface area contributed by atoms with Gasteiger partial charge in [-0.2, -0.15) is 0 Å². The molecule has 3 nitrogen and oxygen atoms in total. The van der Waals surface area contributed by atoms with Crippen LogP contribution in [0.2, 0.25) is 0 Å². The Labute approximate surface area is 115 Å². The number of rotatable bonds is 6. The van der Waals surface area contributed by atoms with Crippen molar-refractivity contribution in [3.05, 3.63) is 35.9 Å². The number of carboxylic acid groups (broad SMARTS) is 1. The Morgan fingerprint density at radius 1 is 1.32 bits per heavy atom. The third-order valence-electron chi connectivity index (χ3n) is 3.85. The standard InChI is InChI=1S/C16H23NO2/c1-11(2)8-15(16(18)19)17-14-9-13(10-14)12-6-4-3-5-7-12/h3-7,11,13-15,17H,8-10H2,1-2H3,(H,18,19). The highest BCUT2D eigenvalue weighted by molar-refractivity contribution is 5.73. The first kappa shape index (κ1) is 14.1. The maximum Gasteiger partial charge on any atom is 0.320 e. The van der Waals surface area contributed by atoms with Crippen LogP contribution in [0.5, 0.6) is 0 Å². The summed E-state index contributed by atoms with van der Waals surface area (Å²) >= 11 is 0. The van der Waals surface area contributed by atoms with Crippen LogP contribution < -0.4 is 5.32 Å². The predicted octanol–water partition coefficient (Wildman–Crippen LogP) is 3.02. The molecule has 1 aromatic rings. The molecule has 0 radical (unpaired) electrons. The SMILES string of the molecule is CC(C)CC(NC1CC(c2ccccc2)C1)C(=O)O. The summed E-state index contributed by atoms with van der Waals surface area (Å²) in [5.74, 6) is 0.266. The monoisotopic (exact) mass is 261 g/mol. The van der Waals surface area contributed by atoms with Gasteiger partial charge in [-0.3, -0.25) is 4.79 Å². The minimum atomic E-state index is -0.725. The summed E-state index contributed by atoms with van der Waals surface area (Å²) in [5, 5.41) is 12.5. The highest BCUT2D eigenvalue weighted by Gasteiger charge is 2.33. The average Bonchev–Trinajstić information content (AvgIpc) is 2.32. The van der Waals surface area contributed by atoms with E-state index in [4.69, 9.17) is 0 Å². The summed E-state index contributed by atoms with van der Waals surface area (Å²) in [7, 11) is 0. The Bertz CT molecular complexity index is 410.